The molecule has 0 unspecified atom stereocenters. The van der Waals surface area contributed by atoms with Crippen molar-refractivity contribution in [3.05, 3.63) is 77.6 Å². The molecule has 0 saturated carbocycles. The maximum absolute atomic E-state index is 13.4. The molecule has 0 saturated heterocycles. The summed E-state index contributed by atoms with van der Waals surface area (Å²) in [4.78, 5) is 24.2. The molecular weight excluding hydrogens is 432 g/mol. The molecule has 0 atom stereocenters. The Bertz CT molecular complexity index is 1520. The van der Waals surface area contributed by atoms with Crippen LogP contribution in [0.1, 0.15) is 35.8 Å². The number of carbonyl (C=O) groups excluding carboxylic acids is 1. The number of nitrogens with zero attached hydrogens (tertiary/aromatic N) is 6. The second kappa shape index (κ2) is 7.60. The summed E-state index contributed by atoms with van der Waals surface area (Å²) in [5.74, 6) is 1.26. The van der Waals surface area contributed by atoms with Gasteiger partial charge in [0.25, 0.3) is 5.91 Å². The van der Waals surface area contributed by atoms with Crippen molar-refractivity contribution < 1.29 is 4.79 Å². The maximum Gasteiger partial charge on any atom is 0.260 e. The van der Waals surface area contributed by atoms with Crippen LogP contribution in [0, 0.1) is 0 Å². The van der Waals surface area contributed by atoms with E-state index < -0.39 is 0 Å². The van der Waals surface area contributed by atoms with Gasteiger partial charge in [-0.3, -0.25) is 9.69 Å². The number of hydrogen-bond acceptors (Lipinski definition) is 6. The van der Waals surface area contributed by atoms with Gasteiger partial charge in [-0.2, -0.15) is 0 Å². The van der Waals surface area contributed by atoms with Gasteiger partial charge < -0.3 is 4.57 Å². The molecule has 0 N–H and O–H groups in total. The maximum atomic E-state index is 13.4. The fourth-order valence-electron chi connectivity index (χ4n) is 4.20. The molecule has 0 bridgehead atoms. The van der Waals surface area contributed by atoms with Gasteiger partial charge >= 0.3 is 0 Å². The lowest BCUT2D eigenvalue weighted by Crippen LogP contribution is -2.24. The van der Waals surface area contributed by atoms with Crippen molar-refractivity contribution >= 4 is 33.3 Å². The van der Waals surface area contributed by atoms with Crippen molar-refractivity contribution in [2.24, 2.45) is 0 Å². The zero-order chi connectivity index (χ0) is 22.5. The highest BCUT2D eigenvalue weighted by molar-refractivity contribution is 7.16. The van der Waals surface area contributed by atoms with E-state index in [1.807, 2.05) is 46.5 Å². The molecule has 0 fully saturated rings. The average molecular weight is 453 g/mol. The minimum absolute atomic E-state index is 0.0410. The van der Waals surface area contributed by atoms with Crippen molar-refractivity contribution in [3.8, 4) is 22.6 Å². The average Bonchev–Trinajstić information content (AvgIpc) is 3.57. The zero-order valence-corrected chi connectivity index (χ0v) is 19.0. The van der Waals surface area contributed by atoms with Gasteiger partial charge in [-0.1, -0.05) is 24.3 Å². The summed E-state index contributed by atoms with van der Waals surface area (Å²) in [6.45, 7) is 4.64. The number of anilines is 1. The molecule has 162 valence electrons. The lowest BCUT2D eigenvalue weighted by atomic mass is 10.0. The number of pyridine rings is 1. The predicted octanol–water partition coefficient (Wildman–Crippen LogP) is 5.36. The van der Waals surface area contributed by atoms with Gasteiger partial charge in [-0.25, -0.2) is 9.97 Å². The van der Waals surface area contributed by atoms with Gasteiger partial charge in [0.15, 0.2) is 5.82 Å². The van der Waals surface area contributed by atoms with E-state index in [1.54, 1.807) is 22.6 Å². The van der Waals surface area contributed by atoms with Gasteiger partial charge in [-0.15, -0.1) is 21.5 Å². The lowest BCUT2D eigenvalue weighted by molar-refractivity contribution is 0.0996. The summed E-state index contributed by atoms with van der Waals surface area (Å²) in [6, 6.07) is 18.2. The van der Waals surface area contributed by atoms with Gasteiger partial charge in [-0.05, 0) is 60.9 Å². The smallest absolute Gasteiger partial charge is 0.260 e. The Morgan fingerprint density at radius 1 is 1.03 bits per heavy atom. The molecule has 5 aromatic rings. The van der Waals surface area contributed by atoms with Crippen LogP contribution in [0.3, 0.4) is 0 Å². The number of amides is 1. The van der Waals surface area contributed by atoms with E-state index in [1.165, 1.54) is 0 Å². The molecule has 6 rings (SSSR count). The first kappa shape index (κ1) is 19.8. The molecule has 0 aliphatic carbocycles. The highest BCUT2D eigenvalue weighted by Crippen LogP contribution is 2.33. The van der Waals surface area contributed by atoms with Crippen LogP contribution in [0.25, 0.3) is 32.9 Å². The van der Waals surface area contributed by atoms with Crippen molar-refractivity contribution in [2.45, 2.75) is 26.4 Å². The van der Waals surface area contributed by atoms with Gasteiger partial charge in [0.2, 0.25) is 0 Å². The molecule has 1 aliphatic heterocycles. The van der Waals surface area contributed by atoms with Gasteiger partial charge in [0, 0.05) is 11.6 Å². The van der Waals surface area contributed by atoms with Crippen LogP contribution in [0.15, 0.2) is 66.4 Å². The SMILES string of the molecule is CC(C)n1cnnc1-c1cccc(N2Cc3ccc(-c4ccc5ncsc5c4)cc3C2=O)n1. The van der Waals surface area contributed by atoms with E-state index in [2.05, 4.69) is 47.2 Å². The van der Waals surface area contributed by atoms with Gasteiger partial charge in [0.1, 0.15) is 17.8 Å². The molecule has 1 amide bonds. The van der Waals surface area contributed by atoms with Crippen molar-refractivity contribution in [1.82, 2.24) is 24.7 Å². The molecule has 0 spiro atoms. The van der Waals surface area contributed by atoms with E-state index in [9.17, 15) is 4.79 Å². The monoisotopic (exact) mass is 452 g/mol. The molecule has 8 heteroatoms. The summed E-state index contributed by atoms with van der Waals surface area (Å²) >= 11 is 1.62. The Balaban J connectivity index is 1.34. The standard InChI is InChI=1S/C25H20N6OS/c1-15(2)31-13-27-29-24(31)21-4-3-5-23(28-21)30-12-18-7-6-16(10-19(18)25(30)32)17-8-9-20-22(11-17)33-14-26-20/h3-11,13-15H,12H2,1-2H3. The summed E-state index contributed by atoms with van der Waals surface area (Å²) in [5, 5.41) is 8.28. The predicted molar refractivity (Wildman–Crippen MR) is 129 cm³/mol. The summed E-state index contributed by atoms with van der Waals surface area (Å²) in [6.07, 6.45) is 1.70. The van der Waals surface area contributed by atoms with Crippen LogP contribution in [0.2, 0.25) is 0 Å². The van der Waals surface area contributed by atoms with Crippen molar-refractivity contribution in [3.63, 3.8) is 0 Å². The first-order chi connectivity index (χ1) is 16.1. The minimum Gasteiger partial charge on any atom is -0.310 e. The molecule has 2 aromatic carbocycles. The molecule has 33 heavy (non-hydrogen) atoms. The number of thiazole rings is 1. The Labute approximate surface area is 194 Å². The first-order valence-electron chi connectivity index (χ1n) is 10.7. The van der Waals surface area contributed by atoms with Gasteiger partial charge in [0.05, 0.1) is 22.3 Å². The third-order valence-corrected chi connectivity index (χ3v) is 6.74. The fraction of sp³-hybridized carbons (Fsp3) is 0.160. The third-order valence-electron chi connectivity index (χ3n) is 5.95. The van der Waals surface area contributed by atoms with Crippen LogP contribution in [-0.2, 0) is 6.54 Å². The number of hydrogen-bond donors (Lipinski definition) is 0. The quantitative estimate of drug-likeness (QED) is 0.367. The van der Waals surface area contributed by atoms with Crippen LogP contribution in [0.5, 0.6) is 0 Å². The largest absolute Gasteiger partial charge is 0.310 e. The zero-order valence-electron chi connectivity index (χ0n) is 18.1. The number of carbonyl (C=O) groups is 1. The first-order valence-corrected chi connectivity index (χ1v) is 11.6. The van der Waals surface area contributed by atoms with Crippen LogP contribution in [-0.4, -0.2) is 30.6 Å². The van der Waals surface area contributed by atoms with E-state index in [4.69, 9.17) is 4.98 Å². The van der Waals surface area contributed by atoms with Crippen molar-refractivity contribution in [2.75, 3.05) is 4.90 Å². The number of benzene rings is 2. The number of rotatable bonds is 4. The topological polar surface area (TPSA) is 76.8 Å². The molecule has 4 heterocycles. The van der Waals surface area contributed by atoms with E-state index in [-0.39, 0.29) is 11.9 Å². The second-order valence-electron chi connectivity index (χ2n) is 8.33. The number of fused-ring (bicyclic) bond motifs is 2. The normalized spacial score (nSPS) is 13.3. The molecule has 3 aromatic heterocycles. The minimum atomic E-state index is -0.0410. The fourth-order valence-corrected chi connectivity index (χ4v) is 4.92. The summed E-state index contributed by atoms with van der Waals surface area (Å²) < 4.78 is 3.11. The lowest BCUT2D eigenvalue weighted by Gasteiger charge is -2.16. The Kier molecular flexibility index (Phi) is 4.55. The molecule has 1 aliphatic rings. The summed E-state index contributed by atoms with van der Waals surface area (Å²) in [5.41, 5.74) is 7.35. The summed E-state index contributed by atoms with van der Waals surface area (Å²) in [7, 11) is 0. The molecule has 0 radical (unpaired) electrons. The Morgan fingerprint density at radius 3 is 2.76 bits per heavy atom. The number of aromatic nitrogens is 5. The molecular formula is C25H20N6OS. The highest BCUT2D eigenvalue weighted by Gasteiger charge is 2.30. The highest BCUT2D eigenvalue weighted by atomic mass is 32.1. The van der Waals surface area contributed by atoms with Crippen LogP contribution < -0.4 is 4.90 Å². The Hall–Kier alpha value is -3.91. The Morgan fingerprint density at radius 2 is 1.88 bits per heavy atom. The van der Waals surface area contributed by atoms with Crippen LogP contribution >= 0.6 is 11.3 Å². The van der Waals surface area contributed by atoms with E-state index >= 15 is 0 Å². The molecule has 7 nitrogen and oxygen atoms in total. The van der Waals surface area contributed by atoms with Crippen molar-refractivity contribution in [1.29, 1.82) is 0 Å². The van der Waals surface area contributed by atoms with Crippen LogP contribution in [0.4, 0.5) is 5.82 Å². The van der Waals surface area contributed by atoms with E-state index in [0.717, 1.165) is 32.5 Å². The van der Waals surface area contributed by atoms with E-state index in [0.29, 0.717) is 23.9 Å². The second-order valence-corrected chi connectivity index (χ2v) is 9.22. The third kappa shape index (κ3) is 3.30.